The molecule has 0 aliphatic carbocycles. The van der Waals surface area contributed by atoms with E-state index in [1.807, 2.05) is 30.3 Å². The predicted molar refractivity (Wildman–Crippen MR) is 90.3 cm³/mol. The number of dihydropyridines is 1. The molecule has 2 rings (SSSR count). The van der Waals surface area contributed by atoms with E-state index in [2.05, 4.69) is 5.32 Å². The molecule has 122 valence electrons. The lowest BCUT2D eigenvalue weighted by Gasteiger charge is -2.27. The molecule has 7 heteroatoms. The molecule has 1 aliphatic heterocycles. The summed E-state index contributed by atoms with van der Waals surface area (Å²) >= 11 is 5.30. The number of nitrogens with one attached hydrogen (secondary N) is 1. The minimum atomic E-state index is -0.612. The third-order valence-electron chi connectivity index (χ3n) is 3.60. The van der Waals surface area contributed by atoms with Crippen LogP contribution in [0.4, 0.5) is 0 Å². The first kappa shape index (κ1) is 17.1. The minimum absolute atomic E-state index is 0.0479. The lowest BCUT2D eigenvalue weighted by molar-refractivity contribution is -0.430. The van der Waals surface area contributed by atoms with Gasteiger partial charge in [-0.3, -0.25) is 10.1 Å². The number of aliphatic hydroxyl groups is 1. The van der Waals surface area contributed by atoms with Crippen molar-refractivity contribution in [3.05, 3.63) is 68.7 Å². The number of rotatable bonds is 5. The molecule has 1 atom stereocenters. The summed E-state index contributed by atoms with van der Waals surface area (Å²) in [7, 11) is 0. The third-order valence-corrected chi connectivity index (χ3v) is 3.94. The normalized spacial score (nSPS) is 17.8. The monoisotopic (exact) mass is 334 g/mol. The van der Waals surface area contributed by atoms with E-state index >= 15 is 0 Å². The number of allylic oxidation sites excluding steroid dienone is 3. The average molecular weight is 334 g/mol. The maximum Gasteiger partial charge on any atom is 0.276 e. The van der Waals surface area contributed by atoms with Crippen LogP contribution in [0, 0.1) is 10.1 Å². The van der Waals surface area contributed by atoms with Gasteiger partial charge in [0, 0.05) is 11.3 Å². The summed E-state index contributed by atoms with van der Waals surface area (Å²) in [6.45, 7) is 3.35. The summed E-state index contributed by atoms with van der Waals surface area (Å²) < 4.78 is 5.35. The Kier molecular flexibility index (Phi) is 5.46. The van der Waals surface area contributed by atoms with Gasteiger partial charge in [-0.1, -0.05) is 30.3 Å². The Morgan fingerprint density at radius 2 is 2.00 bits per heavy atom. The molecule has 1 aliphatic rings. The van der Waals surface area contributed by atoms with Gasteiger partial charge in [0.1, 0.15) is 12.5 Å². The lowest BCUT2D eigenvalue weighted by atomic mass is 9.84. The number of benzene rings is 1. The molecule has 0 saturated carbocycles. The number of nitrogens with zero attached hydrogens (tertiary/aromatic N) is 1. The van der Waals surface area contributed by atoms with Crippen molar-refractivity contribution in [2.75, 3.05) is 13.2 Å². The Morgan fingerprint density at radius 3 is 2.57 bits per heavy atom. The highest BCUT2D eigenvalue weighted by molar-refractivity contribution is 7.80. The van der Waals surface area contributed by atoms with Gasteiger partial charge in [-0.25, -0.2) is 0 Å². The van der Waals surface area contributed by atoms with Gasteiger partial charge in [0.25, 0.3) is 5.70 Å². The SMILES string of the molecule is CC1=C(C(=S)OCCO)C(c2ccccc2)C([N+](=O)[O-])=C(C)N1. The van der Waals surface area contributed by atoms with Crippen molar-refractivity contribution in [2.24, 2.45) is 0 Å². The van der Waals surface area contributed by atoms with Crippen LogP contribution in [0.1, 0.15) is 25.3 Å². The van der Waals surface area contributed by atoms with E-state index in [-0.39, 0.29) is 28.9 Å². The Labute approximate surface area is 139 Å². The second kappa shape index (κ2) is 7.34. The van der Waals surface area contributed by atoms with E-state index in [0.717, 1.165) is 5.56 Å². The van der Waals surface area contributed by atoms with Crippen molar-refractivity contribution in [2.45, 2.75) is 19.8 Å². The van der Waals surface area contributed by atoms with E-state index in [1.54, 1.807) is 13.8 Å². The molecule has 0 amide bonds. The molecule has 2 N–H and O–H groups in total. The topological polar surface area (TPSA) is 84.6 Å². The standard InChI is InChI=1S/C16H18N2O4S/c1-10-13(16(23)22-9-8-19)14(12-6-4-3-5-7-12)15(18(20)21)11(2)17-10/h3-7,14,17,19H,8-9H2,1-2H3. The molecule has 1 unspecified atom stereocenters. The van der Waals surface area contributed by atoms with Crippen LogP contribution >= 0.6 is 12.2 Å². The number of nitro groups is 1. The van der Waals surface area contributed by atoms with Crippen molar-refractivity contribution >= 4 is 17.3 Å². The number of ether oxygens (including phenoxy) is 1. The highest BCUT2D eigenvalue weighted by Crippen LogP contribution is 2.38. The average Bonchev–Trinajstić information content (AvgIpc) is 2.52. The largest absolute Gasteiger partial charge is 0.481 e. The molecule has 1 heterocycles. The molecule has 0 saturated heterocycles. The van der Waals surface area contributed by atoms with Crippen molar-refractivity contribution in [3.8, 4) is 0 Å². The first-order chi connectivity index (χ1) is 11.0. The quantitative estimate of drug-likeness (QED) is 0.489. The van der Waals surface area contributed by atoms with Gasteiger partial charge in [0.2, 0.25) is 0 Å². The van der Waals surface area contributed by atoms with Crippen molar-refractivity contribution in [3.63, 3.8) is 0 Å². The molecule has 1 aromatic rings. The van der Waals surface area contributed by atoms with Gasteiger partial charge >= 0.3 is 0 Å². The first-order valence-electron chi connectivity index (χ1n) is 7.13. The van der Waals surface area contributed by atoms with Crippen LogP contribution in [0.15, 0.2) is 53.0 Å². The maximum absolute atomic E-state index is 11.6. The van der Waals surface area contributed by atoms with Crippen LogP contribution in [0.2, 0.25) is 0 Å². The van der Waals surface area contributed by atoms with E-state index in [0.29, 0.717) is 17.0 Å². The van der Waals surface area contributed by atoms with Gasteiger partial charge in [0.15, 0.2) is 5.05 Å². The molecule has 0 fully saturated rings. The Bertz CT molecular complexity index is 683. The fourth-order valence-corrected chi connectivity index (χ4v) is 3.04. The maximum atomic E-state index is 11.6. The number of hydrogen-bond donors (Lipinski definition) is 2. The minimum Gasteiger partial charge on any atom is -0.481 e. The van der Waals surface area contributed by atoms with Crippen molar-refractivity contribution < 1.29 is 14.8 Å². The van der Waals surface area contributed by atoms with Gasteiger partial charge in [-0.2, -0.15) is 0 Å². The zero-order valence-electron chi connectivity index (χ0n) is 12.9. The third kappa shape index (κ3) is 3.57. The molecule has 23 heavy (non-hydrogen) atoms. The van der Waals surface area contributed by atoms with Crippen LogP contribution in [-0.4, -0.2) is 28.3 Å². The molecule has 6 nitrogen and oxygen atoms in total. The summed E-state index contributed by atoms with van der Waals surface area (Å²) in [5.74, 6) is -0.612. The molecule has 1 aromatic carbocycles. The van der Waals surface area contributed by atoms with Crippen LogP contribution < -0.4 is 5.32 Å². The van der Waals surface area contributed by atoms with Crippen LogP contribution in [-0.2, 0) is 4.74 Å². The van der Waals surface area contributed by atoms with Crippen molar-refractivity contribution in [1.82, 2.24) is 5.32 Å². The summed E-state index contributed by atoms with van der Waals surface area (Å²) in [6.07, 6.45) is 0. The molecule has 0 spiro atoms. The van der Waals surface area contributed by atoms with E-state index < -0.39 is 5.92 Å². The fraction of sp³-hybridized carbons (Fsp3) is 0.312. The predicted octanol–water partition coefficient (Wildman–Crippen LogP) is 2.49. The Balaban J connectivity index is 2.55. The van der Waals surface area contributed by atoms with Crippen LogP contribution in [0.3, 0.4) is 0 Å². The summed E-state index contributed by atoms with van der Waals surface area (Å²) in [5, 5.41) is 23.7. The zero-order valence-corrected chi connectivity index (χ0v) is 13.7. The molecular weight excluding hydrogens is 316 g/mol. The van der Waals surface area contributed by atoms with Crippen molar-refractivity contribution in [1.29, 1.82) is 0 Å². The van der Waals surface area contributed by atoms with Gasteiger partial charge in [0.05, 0.1) is 17.2 Å². The van der Waals surface area contributed by atoms with Crippen LogP contribution in [0.5, 0.6) is 0 Å². The van der Waals surface area contributed by atoms with Gasteiger partial charge in [-0.15, -0.1) is 0 Å². The molecular formula is C16H18N2O4S. The summed E-state index contributed by atoms with van der Waals surface area (Å²) in [5.41, 5.74) is 2.56. The highest BCUT2D eigenvalue weighted by Gasteiger charge is 2.39. The number of thiocarbonyl (C=S) groups is 1. The molecule has 0 aromatic heterocycles. The highest BCUT2D eigenvalue weighted by atomic mass is 32.1. The van der Waals surface area contributed by atoms with E-state index in [4.69, 9.17) is 22.1 Å². The molecule has 0 radical (unpaired) electrons. The summed E-state index contributed by atoms with van der Waals surface area (Å²) in [4.78, 5) is 11.2. The Hall–Kier alpha value is -2.25. The molecule has 0 bridgehead atoms. The summed E-state index contributed by atoms with van der Waals surface area (Å²) in [6, 6.07) is 9.16. The first-order valence-corrected chi connectivity index (χ1v) is 7.54. The van der Waals surface area contributed by atoms with Gasteiger partial charge in [-0.05, 0) is 31.6 Å². The number of hydrogen-bond acceptors (Lipinski definition) is 6. The van der Waals surface area contributed by atoms with E-state index in [9.17, 15) is 10.1 Å². The second-order valence-electron chi connectivity index (χ2n) is 5.13. The lowest BCUT2D eigenvalue weighted by Crippen LogP contribution is -2.31. The Morgan fingerprint density at radius 1 is 1.35 bits per heavy atom. The fourth-order valence-electron chi connectivity index (χ4n) is 2.68. The number of aliphatic hydroxyl groups excluding tert-OH is 1. The van der Waals surface area contributed by atoms with Crippen LogP contribution in [0.25, 0.3) is 0 Å². The smallest absolute Gasteiger partial charge is 0.276 e. The van der Waals surface area contributed by atoms with E-state index in [1.165, 1.54) is 0 Å². The zero-order chi connectivity index (χ0) is 17.0. The second-order valence-corrected chi connectivity index (χ2v) is 5.51. The van der Waals surface area contributed by atoms with Gasteiger partial charge < -0.3 is 15.2 Å².